The van der Waals surface area contributed by atoms with E-state index < -0.39 is 0 Å². The molecule has 0 aliphatic rings. The minimum atomic E-state index is 0.433. The summed E-state index contributed by atoms with van der Waals surface area (Å²) in [6, 6.07) is 3.89. The van der Waals surface area contributed by atoms with Gasteiger partial charge in [0.1, 0.15) is 11.3 Å². The Kier molecular flexibility index (Phi) is 4.29. The van der Waals surface area contributed by atoms with E-state index in [2.05, 4.69) is 27.7 Å². The molecule has 0 radical (unpaired) electrons. The fourth-order valence-electron chi connectivity index (χ4n) is 1.95. The third-order valence-corrected chi connectivity index (χ3v) is 3.79. The number of nitrogens with zero attached hydrogens (tertiary/aromatic N) is 3. The van der Waals surface area contributed by atoms with Crippen LogP contribution in [-0.4, -0.2) is 26.5 Å². The van der Waals surface area contributed by atoms with E-state index in [9.17, 15) is 0 Å². The van der Waals surface area contributed by atoms with Crippen molar-refractivity contribution in [3.8, 4) is 0 Å². The number of pyridine rings is 1. The largest absolute Gasteiger partial charge is 0.311 e. The minimum Gasteiger partial charge on any atom is -0.311 e. The minimum absolute atomic E-state index is 0.433. The van der Waals surface area contributed by atoms with E-state index in [1.807, 2.05) is 23.9 Å². The van der Waals surface area contributed by atoms with Crippen molar-refractivity contribution >= 4 is 34.5 Å². The fraction of sp³-hybridized carbons (Fsp3) is 0.500. The van der Waals surface area contributed by atoms with Gasteiger partial charge in [-0.1, -0.05) is 6.92 Å². The van der Waals surface area contributed by atoms with E-state index in [1.54, 1.807) is 6.20 Å². The molecule has 2 aromatic rings. The van der Waals surface area contributed by atoms with E-state index in [0.717, 1.165) is 29.3 Å². The highest BCUT2D eigenvalue weighted by molar-refractivity contribution is 7.98. The third kappa shape index (κ3) is 2.75. The van der Waals surface area contributed by atoms with E-state index in [-0.39, 0.29) is 0 Å². The van der Waals surface area contributed by atoms with Crippen molar-refractivity contribution in [1.82, 2.24) is 14.5 Å². The smallest absolute Gasteiger partial charge is 0.160 e. The third-order valence-electron chi connectivity index (χ3n) is 2.65. The van der Waals surface area contributed by atoms with Crippen LogP contribution in [0.3, 0.4) is 0 Å². The van der Waals surface area contributed by atoms with Crippen LogP contribution in [0.2, 0.25) is 0 Å². The first-order valence-electron chi connectivity index (χ1n) is 5.61. The second kappa shape index (κ2) is 5.74. The number of imidazole rings is 1. The maximum Gasteiger partial charge on any atom is 0.160 e. The van der Waals surface area contributed by atoms with Crippen LogP contribution in [0.4, 0.5) is 0 Å². The average Bonchev–Trinajstić information content (AvgIpc) is 2.68. The second-order valence-electron chi connectivity index (χ2n) is 4.18. The Bertz CT molecular complexity index is 497. The molecule has 0 saturated heterocycles. The molecule has 0 spiro atoms. The Morgan fingerprint density at radius 1 is 1.53 bits per heavy atom. The highest BCUT2D eigenvalue weighted by atomic mass is 35.5. The monoisotopic (exact) mass is 269 g/mol. The molecule has 0 amide bonds. The molecule has 5 heteroatoms. The van der Waals surface area contributed by atoms with Crippen molar-refractivity contribution in [1.29, 1.82) is 0 Å². The van der Waals surface area contributed by atoms with E-state index in [0.29, 0.717) is 11.8 Å². The first-order valence-corrected chi connectivity index (χ1v) is 7.54. The van der Waals surface area contributed by atoms with Gasteiger partial charge in [0.15, 0.2) is 5.65 Å². The van der Waals surface area contributed by atoms with Gasteiger partial charge in [-0.3, -0.25) is 0 Å². The van der Waals surface area contributed by atoms with Gasteiger partial charge in [-0.05, 0) is 30.1 Å². The molecule has 2 aromatic heterocycles. The van der Waals surface area contributed by atoms with E-state index >= 15 is 0 Å². The molecule has 0 bridgehead atoms. The Morgan fingerprint density at radius 2 is 2.35 bits per heavy atom. The summed E-state index contributed by atoms with van der Waals surface area (Å²) in [6.07, 6.45) is 3.93. The van der Waals surface area contributed by atoms with Gasteiger partial charge in [-0.15, -0.1) is 11.6 Å². The number of halogens is 1. The zero-order valence-electron chi connectivity index (χ0n) is 10.1. The van der Waals surface area contributed by atoms with Gasteiger partial charge in [0.2, 0.25) is 0 Å². The predicted molar refractivity (Wildman–Crippen MR) is 74.6 cm³/mol. The SMILES string of the molecule is CSCC(C)Cn1c(CCl)nc2cccnc21. The molecule has 0 aromatic carbocycles. The number of alkyl halides is 1. The summed E-state index contributed by atoms with van der Waals surface area (Å²) in [5.41, 5.74) is 1.87. The molecule has 2 rings (SSSR count). The summed E-state index contributed by atoms with van der Waals surface area (Å²) in [5.74, 6) is 3.07. The van der Waals surface area contributed by atoms with Crippen LogP contribution < -0.4 is 0 Å². The Balaban J connectivity index is 2.36. The molecule has 0 aliphatic heterocycles. The van der Waals surface area contributed by atoms with Crippen molar-refractivity contribution in [3.05, 3.63) is 24.2 Å². The molecule has 2 heterocycles. The first-order chi connectivity index (χ1) is 8.26. The molecular weight excluding hydrogens is 254 g/mol. The Labute approximate surface area is 111 Å². The highest BCUT2D eigenvalue weighted by Gasteiger charge is 2.12. The number of hydrogen-bond donors (Lipinski definition) is 0. The van der Waals surface area contributed by atoms with Gasteiger partial charge in [-0.25, -0.2) is 9.97 Å². The molecule has 0 fully saturated rings. The Morgan fingerprint density at radius 3 is 3.06 bits per heavy atom. The molecular formula is C12H16ClN3S. The summed E-state index contributed by atoms with van der Waals surface area (Å²) in [4.78, 5) is 8.90. The van der Waals surface area contributed by atoms with Crippen molar-refractivity contribution in [2.45, 2.75) is 19.3 Å². The quantitative estimate of drug-likeness (QED) is 0.781. The van der Waals surface area contributed by atoms with Crippen molar-refractivity contribution < 1.29 is 0 Å². The van der Waals surface area contributed by atoms with Gasteiger partial charge in [0.05, 0.1) is 5.88 Å². The van der Waals surface area contributed by atoms with Crippen LogP contribution in [0.5, 0.6) is 0 Å². The van der Waals surface area contributed by atoms with Crippen LogP contribution in [0.25, 0.3) is 11.2 Å². The molecule has 3 nitrogen and oxygen atoms in total. The summed E-state index contributed by atoms with van der Waals surface area (Å²) >= 11 is 7.81. The summed E-state index contributed by atoms with van der Waals surface area (Å²) in [6.45, 7) is 3.17. The second-order valence-corrected chi connectivity index (χ2v) is 5.36. The lowest BCUT2D eigenvalue weighted by atomic mass is 10.2. The summed E-state index contributed by atoms with van der Waals surface area (Å²) < 4.78 is 2.14. The maximum absolute atomic E-state index is 5.95. The molecule has 0 saturated carbocycles. The first kappa shape index (κ1) is 12.7. The van der Waals surface area contributed by atoms with Crippen LogP contribution in [0.15, 0.2) is 18.3 Å². The normalized spacial score (nSPS) is 13.1. The standard InChI is InChI=1S/C12H16ClN3S/c1-9(8-17-2)7-16-11(6-13)15-10-4-3-5-14-12(10)16/h3-5,9H,6-8H2,1-2H3. The number of thioether (sulfide) groups is 1. The van der Waals surface area contributed by atoms with E-state index in [4.69, 9.17) is 11.6 Å². The van der Waals surface area contributed by atoms with Crippen LogP contribution in [0.1, 0.15) is 12.7 Å². The fourth-order valence-corrected chi connectivity index (χ4v) is 2.83. The molecule has 17 heavy (non-hydrogen) atoms. The number of fused-ring (bicyclic) bond motifs is 1. The summed E-state index contributed by atoms with van der Waals surface area (Å²) in [7, 11) is 0. The highest BCUT2D eigenvalue weighted by Crippen LogP contribution is 2.18. The molecule has 0 aliphatic carbocycles. The lowest BCUT2D eigenvalue weighted by molar-refractivity contribution is 0.528. The van der Waals surface area contributed by atoms with Crippen molar-refractivity contribution in [2.75, 3.05) is 12.0 Å². The molecule has 0 N–H and O–H groups in total. The van der Waals surface area contributed by atoms with Crippen molar-refractivity contribution in [3.63, 3.8) is 0 Å². The van der Waals surface area contributed by atoms with Gasteiger partial charge in [0.25, 0.3) is 0 Å². The lowest BCUT2D eigenvalue weighted by Gasteiger charge is -2.12. The van der Waals surface area contributed by atoms with Gasteiger partial charge in [0, 0.05) is 12.7 Å². The Hall–Kier alpha value is -0.740. The van der Waals surface area contributed by atoms with Crippen LogP contribution >= 0.6 is 23.4 Å². The molecule has 1 unspecified atom stereocenters. The van der Waals surface area contributed by atoms with Crippen LogP contribution in [-0.2, 0) is 12.4 Å². The number of aromatic nitrogens is 3. The predicted octanol–water partition coefficient (Wildman–Crippen LogP) is 3.17. The van der Waals surface area contributed by atoms with Gasteiger partial charge in [-0.2, -0.15) is 11.8 Å². The van der Waals surface area contributed by atoms with Crippen molar-refractivity contribution in [2.24, 2.45) is 5.92 Å². The number of hydrogen-bond acceptors (Lipinski definition) is 3. The van der Waals surface area contributed by atoms with E-state index in [1.165, 1.54) is 0 Å². The average molecular weight is 270 g/mol. The zero-order valence-corrected chi connectivity index (χ0v) is 11.6. The van der Waals surface area contributed by atoms with Crippen LogP contribution in [0, 0.1) is 5.92 Å². The van der Waals surface area contributed by atoms with Gasteiger partial charge >= 0.3 is 0 Å². The maximum atomic E-state index is 5.95. The zero-order chi connectivity index (χ0) is 12.3. The molecule has 1 atom stereocenters. The topological polar surface area (TPSA) is 30.7 Å². The van der Waals surface area contributed by atoms with Gasteiger partial charge < -0.3 is 4.57 Å². The molecule has 92 valence electrons. The number of rotatable bonds is 5. The summed E-state index contributed by atoms with van der Waals surface area (Å²) in [5, 5.41) is 0. The lowest BCUT2D eigenvalue weighted by Crippen LogP contribution is -2.12.